The lowest BCUT2D eigenvalue weighted by Gasteiger charge is -2.08. The van der Waals surface area contributed by atoms with E-state index in [9.17, 15) is 4.79 Å². The van der Waals surface area contributed by atoms with Crippen molar-refractivity contribution >= 4 is 17.9 Å². The van der Waals surface area contributed by atoms with E-state index >= 15 is 0 Å². The Morgan fingerprint density at radius 3 is 2.52 bits per heavy atom. The Hall–Kier alpha value is -3.86. The van der Waals surface area contributed by atoms with Crippen LogP contribution in [0.2, 0.25) is 0 Å². The van der Waals surface area contributed by atoms with E-state index in [-0.39, 0.29) is 11.6 Å². The van der Waals surface area contributed by atoms with Crippen LogP contribution in [0.3, 0.4) is 0 Å². The number of aliphatic imine (C=N–C) groups is 1. The molecule has 1 aliphatic heterocycles. The van der Waals surface area contributed by atoms with Gasteiger partial charge in [-0.1, -0.05) is 42.5 Å². The zero-order valence-corrected chi connectivity index (χ0v) is 15.9. The van der Waals surface area contributed by atoms with E-state index in [2.05, 4.69) is 4.99 Å². The summed E-state index contributed by atoms with van der Waals surface area (Å²) in [6.45, 7) is 2.41. The number of carbonyl (C=O) groups excluding carboxylic acids is 1. The standard InChI is InChI=1S/C24H19NO4/c1-2-27-22-14-7-6-13-20(22)23-25-21(24(26)29-23)16-17-9-8-12-19(15-17)28-18-10-4-3-5-11-18/h3-16H,2H2,1H3/b21-16-. The molecule has 0 spiro atoms. The number of benzene rings is 3. The van der Waals surface area contributed by atoms with Crippen LogP contribution in [0, 0.1) is 0 Å². The molecule has 0 saturated heterocycles. The minimum atomic E-state index is -0.499. The predicted octanol–water partition coefficient (Wildman–Crippen LogP) is 5.22. The molecule has 0 aromatic heterocycles. The minimum Gasteiger partial charge on any atom is -0.493 e. The number of carbonyl (C=O) groups is 1. The molecular weight excluding hydrogens is 366 g/mol. The largest absolute Gasteiger partial charge is 0.493 e. The van der Waals surface area contributed by atoms with Crippen LogP contribution in [0.4, 0.5) is 0 Å². The highest BCUT2D eigenvalue weighted by Gasteiger charge is 2.26. The monoisotopic (exact) mass is 385 g/mol. The number of cyclic esters (lactones) is 1. The molecule has 0 unspecified atom stereocenters. The molecule has 0 saturated carbocycles. The molecule has 1 heterocycles. The summed E-state index contributed by atoms with van der Waals surface area (Å²) in [6, 6.07) is 24.3. The molecule has 1 aliphatic rings. The Kier molecular flexibility index (Phi) is 5.38. The lowest BCUT2D eigenvalue weighted by atomic mass is 10.2. The van der Waals surface area contributed by atoms with Crippen molar-refractivity contribution in [2.24, 2.45) is 4.99 Å². The van der Waals surface area contributed by atoms with Crippen molar-refractivity contribution < 1.29 is 19.0 Å². The number of ether oxygens (including phenoxy) is 3. The van der Waals surface area contributed by atoms with Gasteiger partial charge in [0, 0.05) is 0 Å². The normalized spacial score (nSPS) is 14.4. The molecule has 144 valence electrons. The summed E-state index contributed by atoms with van der Waals surface area (Å²) in [7, 11) is 0. The average Bonchev–Trinajstić information content (AvgIpc) is 3.10. The Morgan fingerprint density at radius 1 is 0.931 bits per heavy atom. The summed E-state index contributed by atoms with van der Waals surface area (Å²) in [6.07, 6.45) is 1.68. The molecule has 3 aromatic carbocycles. The number of rotatable bonds is 6. The second-order valence-electron chi connectivity index (χ2n) is 6.25. The maximum Gasteiger partial charge on any atom is 0.363 e. The van der Waals surface area contributed by atoms with E-state index < -0.39 is 5.97 Å². The zero-order chi connectivity index (χ0) is 20.1. The third kappa shape index (κ3) is 4.35. The molecule has 3 aromatic rings. The fraction of sp³-hybridized carbons (Fsp3) is 0.0833. The summed E-state index contributed by atoms with van der Waals surface area (Å²) >= 11 is 0. The van der Waals surface area contributed by atoms with Crippen LogP contribution in [0.25, 0.3) is 6.08 Å². The molecule has 4 rings (SSSR count). The van der Waals surface area contributed by atoms with Gasteiger partial charge < -0.3 is 14.2 Å². The molecule has 0 amide bonds. The van der Waals surface area contributed by atoms with Gasteiger partial charge in [-0.3, -0.25) is 0 Å². The van der Waals surface area contributed by atoms with E-state index in [1.165, 1.54) is 0 Å². The molecule has 0 N–H and O–H groups in total. The van der Waals surface area contributed by atoms with E-state index in [4.69, 9.17) is 14.2 Å². The van der Waals surface area contributed by atoms with Crippen LogP contribution < -0.4 is 9.47 Å². The van der Waals surface area contributed by atoms with Gasteiger partial charge in [0.15, 0.2) is 5.70 Å². The summed E-state index contributed by atoms with van der Waals surface area (Å²) in [4.78, 5) is 16.7. The highest BCUT2D eigenvalue weighted by molar-refractivity contribution is 6.13. The van der Waals surface area contributed by atoms with E-state index in [1.807, 2.05) is 85.8 Å². The first-order valence-corrected chi connectivity index (χ1v) is 9.30. The van der Waals surface area contributed by atoms with E-state index in [0.717, 1.165) is 11.3 Å². The second-order valence-corrected chi connectivity index (χ2v) is 6.25. The van der Waals surface area contributed by atoms with Gasteiger partial charge in [0.05, 0.1) is 12.2 Å². The van der Waals surface area contributed by atoms with Gasteiger partial charge >= 0.3 is 5.97 Å². The van der Waals surface area contributed by atoms with Crippen molar-refractivity contribution in [3.63, 3.8) is 0 Å². The molecule has 0 bridgehead atoms. The number of hydrogen-bond donors (Lipinski definition) is 0. The predicted molar refractivity (Wildman–Crippen MR) is 111 cm³/mol. The lowest BCUT2D eigenvalue weighted by Crippen LogP contribution is -2.07. The minimum absolute atomic E-state index is 0.225. The van der Waals surface area contributed by atoms with Crippen molar-refractivity contribution in [1.29, 1.82) is 0 Å². The second kappa shape index (κ2) is 8.44. The van der Waals surface area contributed by atoms with E-state index in [0.29, 0.717) is 23.7 Å². The number of para-hydroxylation sites is 2. The Labute approximate surface area is 168 Å². The van der Waals surface area contributed by atoms with E-state index in [1.54, 1.807) is 6.08 Å². The summed E-state index contributed by atoms with van der Waals surface area (Å²) in [5.41, 5.74) is 1.66. The molecule has 0 fully saturated rings. The first kappa shape index (κ1) is 18.5. The topological polar surface area (TPSA) is 57.1 Å². The number of nitrogens with zero attached hydrogens (tertiary/aromatic N) is 1. The van der Waals surface area contributed by atoms with Crippen LogP contribution in [0.1, 0.15) is 18.1 Å². The Morgan fingerprint density at radius 2 is 1.69 bits per heavy atom. The number of esters is 1. The van der Waals surface area contributed by atoms with Crippen molar-refractivity contribution in [2.45, 2.75) is 6.92 Å². The summed E-state index contributed by atoms with van der Waals surface area (Å²) in [5.74, 6) is 1.77. The quantitative estimate of drug-likeness (QED) is 0.431. The van der Waals surface area contributed by atoms with Gasteiger partial charge in [-0.25, -0.2) is 9.79 Å². The zero-order valence-electron chi connectivity index (χ0n) is 15.9. The van der Waals surface area contributed by atoms with Gasteiger partial charge in [-0.15, -0.1) is 0 Å². The van der Waals surface area contributed by atoms with Crippen LogP contribution in [-0.2, 0) is 9.53 Å². The molecule has 5 nitrogen and oxygen atoms in total. The summed E-state index contributed by atoms with van der Waals surface area (Å²) in [5, 5.41) is 0. The highest BCUT2D eigenvalue weighted by atomic mass is 16.6. The van der Waals surface area contributed by atoms with Gasteiger partial charge in [-0.05, 0) is 55.0 Å². The maximum atomic E-state index is 12.3. The van der Waals surface area contributed by atoms with Crippen molar-refractivity contribution in [1.82, 2.24) is 0 Å². The van der Waals surface area contributed by atoms with Crippen LogP contribution in [0.5, 0.6) is 17.2 Å². The van der Waals surface area contributed by atoms with Gasteiger partial charge in [0.1, 0.15) is 17.2 Å². The Bertz CT molecular complexity index is 1090. The highest BCUT2D eigenvalue weighted by Crippen LogP contribution is 2.27. The molecule has 0 atom stereocenters. The van der Waals surface area contributed by atoms with Crippen LogP contribution >= 0.6 is 0 Å². The van der Waals surface area contributed by atoms with Gasteiger partial charge in [-0.2, -0.15) is 0 Å². The molecule has 29 heavy (non-hydrogen) atoms. The SMILES string of the molecule is CCOc1ccccc1C1=N/C(=C\c2cccc(Oc3ccccc3)c2)C(=O)O1. The summed E-state index contributed by atoms with van der Waals surface area (Å²) < 4.78 is 16.8. The Balaban J connectivity index is 1.60. The van der Waals surface area contributed by atoms with Gasteiger partial charge in [0.2, 0.25) is 5.90 Å². The molecule has 5 heteroatoms. The lowest BCUT2D eigenvalue weighted by molar-refractivity contribution is -0.129. The maximum absolute atomic E-state index is 12.3. The van der Waals surface area contributed by atoms with Gasteiger partial charge in [0.25, 0.3) is 0 Å². The van der Waals surface area contributed by atoms with Crippen LogP contribution in [-0.4, -0.2) is 18.5 Å². The van der Waals surface area contributed by atoms with Crippen molar-refractivity contribution in [3.05, 3.63) is 95.7 Å². The first-order valence-electron chi connectivity index (χ1n) is 9.30. The van der Waals surface area contributed by atoms with Crippen molar-refractivity contribution in [3.8, 4) is 17.2 Å². The fourth-order valence-corrected chi connectivity index (χ4v) is 2.90. The molecule has 0 radical (unpaired) electrons. The first-order chi connectivity index (χ1) is 14.2. The fourth-order valence-electron chi connectivity index (χ4n) is 2.90. The smallest absolute Gasteiger partial charge is 0.363 e. The van der Waals surface area contributed by atoms with Crippen LogP contribution in [0.15, 0.2) is 89.6 Å². The van der Waals surface area contributed by atoms with Crippen molar-refractivity contribution in [2.75, 3.05) is 6.61 Å². The molecular formula is C24H19NO4. The number of hydrogen-bond acceptors (Lipinski definition) is 5. The third-order valence-electron chi connectivity index (χ3n) is 4.18. The average molecular weight is 385 g/mol. The molecule has 0 aliphatic carbocycles. The third-order valence-corrected chi connectivity index (χ3v) is 4.18.